The molecular weight excluding hydrogens is 214 g/mol. The maximum Gasteiger partial charge on any atom is 0.0753 e. The average Bonchev–Trinajstić information content (AvgIpc) is 2.78. The third kappa shape index (κ3) is 2.00. The summed E-state index contributed by atoms with van der Waals surface area (Å²) in [5, 5.41) is 8.19. The van der Waals surface area contributed by atoms with Gasteiger partial charge in [0, 0.05) is 30.1 Å². The van der Waals surface area contributed by atoms with Crippen molar-refractivity contribution in [2.24, 2.45) is 0 Å². The van der Waals surface area contributed by atoms with Gasteiger partial charge in [-0.1, -0.05) is 0 Å². The highest BCUT2D eigenvalue weighted by Gasteiger charge is 2.27. The van der Waals surface area contributed by atoms with Gasteiger partial charge in [-0.2, -0.15) is 5.10 Å². The van der Waals surface area contributed by atoms with Crippen LogP contribution in [0.25, 0.3) is 0 Å². The first-order valence-electron chi connectivity index (χ1n) is 6.77. The summed E-state index contributed by atoms with van der Waals surface area (Å²) in [5.74, 6) is 0.675. The van der Waals surface area contributed by atoms with Crippen LogP contribution in [-0.2, 0) is 24.3 Å². The van der Waals surface area contributed by atoms with E-state index in [2.05, 4.69) is 16.9 Å². The van der Waals surface area contributed by atoms with Crippen LogP contribution in [0.3, 0.4) is 0 Å². The number of hydrogen-bond donors (Lipinski definition) is 1. The largest absolute Gasteiger partial charge is 0.376 e. The lowest BCUT2D eigenvalue weighted by Crippen LogP contribution is -2.28. The quantitative estimate of drug-likeness (QED) is 0.843. The summed E-state index contributed by atoms with van der Waals surface area (Å²) < 4.78 is 7.83. The van der Waals surface area contributed by atoms with Crippen molar-refractivity contribution in [2.75, 3.05) is 19.7 Å². The fourth-order valence-corrected chi connectivity index (χ4v) is 3.06. The van der Waals surface area contributed by atoms with E-state index >= 15 is 0 Å². The molecular formula is C13H21N3O. The molecule has 0 aromatic carbocycles. The molecule has 0 unspecified atom stereocenters. The zero-order valence-corrected chi connectivity index (χ0v) is 10.5. The lowest BCUT2D eigenvalue weighted by molar-refractivity contribution is 0.109. The monoisotopic (exact) mass is 235 g/mol. The molecule has 1 N–H and O–H groups in total. The summed E-state index contributed by atoms with van der Waals surface area (Å²) in [4.78, 5) is 0. The molecule has 3 heterocycles. The predicted molar refractivity (Wildman–Crippen MR) is 66.1 cm³/mol. The Labute approximate surface area is 102 Å². The topological polar surface area (TPSA) is 39.1 Å². The van der Waals surface area contributed by atoms with Crippen LogP contribution in [-0.4, -0.2) is 29.5 Å². The van der Waals surface area contributed by atoms with Gasteiger partial charge in [-0.15, -0.1) is 0 Å². The van der Waals surface area contributed by atoms with Gasteiger partial charge >= 0.3 is 0 Å². The standard InChI is InChI=1S/C13H21N3O/c1-2-16-13(10-3-6-14-7-4-10)11-9-17-8-5-12(11)15-16/h10,14H,2-9H2,1H3. The number of fused-ring (bicyclic) bond motifs is 1. The van der Waals surface area contributed by atoms with E-state index in [0.717, 1.165) is 39.3 Å². The van der Waals surface area contributed by atoms with E-state index < -0.39 is 0 Å². The third-order valence-corrected chi connectivity index (χ3v) is 3.93. The highest BCUT2D eigenvalue weighted by atomic mass is 16.5. The Hall–Kier alpha value is -0.870. The number of ether oxygens (including phenoxy) is 1. The van der Waals surface area contributed by atoms with Crippen LogP contribution in [0.5, 0.6) is 0 Å². The van der Waals surface area contributed by atoms with E-state index in [9.17, 15) is 0 Å². The van der Waals surface area contributed by atoms with Gasteiger partial charge < -0.3 is 10.1 Å². The molecule has 1 aromatic rings. The molecule has 17 heavy (non-hydrogen) atoms. The van der Waals surface area contributed by atoms with E-state index in [1.165, 1.54) is 29.8 Å². The molecule has 0 saturated carbocycles. The van der Waals surface area contributed by atoms with E-state index in [0.29, 0.717) is 5.92 Å². The van der Waals surface area contributed by atoms with Crippen molar-refractivity contribution in [1.82, 2.24) is 15.1 Å². The summed E-state index contributed by atoms with van der Waals surface area (Å²) in [6, 6.07) is 0. The van der Waals surface area contributed by atoms with Gasteiger partial charge in [0.2, 0.25) is 0 Å². The van der Waals surface area contributed by atoms with Gasteiger partial charge in [-0.3, -0.25) is 4.68 Å². The molecule has 0 aliphatic carbocycles. The van der Waals surface area contributed by atoms with Crippen LogP contribution in [0.4, 0.5) is 0 Å². The number of hydrogen-bond acceptors (Lipinski definition) is 3. The molecule has 1 fully saturated rings. The molecule has 94 valence electrons. The summed E-state index contributed by atoms with van der Waals surface area (Å²) in [5.41, 5.74) is 4.14. The second-order valence-electron chi connectivity index (χ2n) is 4.95. The van der Waals surface area contributed by atoms with Gasteiger partial charge in [-0.25, -0.2) is 0 Å². The number of nitrogens with one attached hydrogen (secondary N) is 1. The summed E-state index contributed by atoms with van der Waals surface area (Å²) in [6.45, 7) is 7.04. The van der Waals surface area contributed by atoms with Gasteiger partial charge in [0.05, 0.1) is 18.9 Å². The molecule has 2 aliphatic heterocycles. The molecule has 0 spiro atoms. The van der Waals surface area contributed by atoms with Crippen molar-refractivity contribution in [2.45, 2.75) is 45.3 Å². The summed E-state index contributed by atoms with van der Waals surface area (Å²) >= 11 is 0. The Morgan fingerprint density at radius 1 is 1.41 bits per heavy atom. The van der Waals surface area contributed by atoms with E-state index in [4.69, 9.17) is 9.84 Å². The first-order chi connectivity index (χ1) is 8.40. The molecule has 2 aliphatic rings. The zero-order valence-electron chi connectivity index (χ0n) is 10.5. The Morgan fingerprint density at radius 2 is 2.24 bits per heavy atom. The van der Waals surface area contributed by atoms with E-state index in [1.54, 1.807) is 0 Å². The number of aromatic nitrogens is 2. The maximum absolute atomic E-state index is 5.62. The van der Waals surface area contributed by atoms with Crippen LogP contribution >= 0.6 is 0 Å². The highest BCUT2D eigenvalue weighted by Crippen LogP contribution is 2.32. The smallest absolute Gasteiger partial charge is 0.0753 e. The normalized spacial score (nSPS) is 21.5. The van der Waals surface area contributed by atoms with Crippen molar-refractivity contribution in [3.63, 3.8) is 0 Å². The number of piperidine rings is 1. The minimum atomic E-state index is 0.675. The number of aryl methyl sites for hydroxylation is 1. The Balaban J connectivity index is 1.97. The van der Waals surface area contributed by atoms with Crippen molar-refractivity contribution >= 4 is 0 Å². The maximum atomic E-state index is 5.62. The highest BCUT2D eigenvalue weighted by molar-refractivity contribution is 5.30. The molecule has 1 saturated heterocycles. The van der Waals surface area contributed by atoms with E-state index in [-0.39, 0.29) is 0 Å². The molecule has 0 atom stereocenters. The van der Waals surface area contributed by atoms with Crippen LogP contribution < -0.4 is 5.32 Å². The SMILES string of the molecule is CCn1nc2c(c1C1CCNCC1)COCC2. The summed E-state index contributed by atoms with van der Waals surface area (Å²) in [7, 11) is 0. The van der Waals surface area contributed by atoms with Crippen molar-refractivity contribution in [1.29, 1.82) is 0 Å². The van der Waals surface area contributed by atoms with Gasteiger partial charge in [0.15, 0.2) is 0 Å². The van der Waals surface area contributed by atoms with Crippen LogP contribution in [0.15, 0.2) is 0 Å². The minimum absolute atomic E-state index is 0.675. The van der Waals surface area contributed by atoms with Crippen molar-refractivity contribution in [3.8, 4) is 0 Å². The molecule has 0 radical (unpaired) electrons. The van der Waals surface area contributed by atoms with Crippen molar-refractivity contribution < 1.29 is 4.74 Å². The first-order valence-corrected chi connectivity index (χ1v) is 6.77. The third-order valence-electron chi connectivity index (χ3n) is 3.93. The van der Waals surface area contributed by atoms with Crippen LogP contribution in [0.1, 0.15) is 42.6 Å². The minimum Gasteiger partial charge on any atom is -0.376 e. The van der Waals surface area contributed by atoms with E-state index in [1.807, 2.05) is 0 Å². The van der Waals surface area contributed by atoms with Crippen LogP contribution in [0.2, 0.25) is 0 Å². The molecule has 4 heteroatoms. The molecule has 0 amide bonds. The Morgan fingerprint density at radius 3 is 3.00 bits per heavy atom. The van der Waals surface area contributed by atoms with Gasteiger partial charge in [0.1, 0.15) is 0 Å². The predicted octanol–water partition coefficient (Wildman–Crippen LogP) is 1.44. The van der Waals surface area contributed by atoms with Crippen LogP contribution in [0, 0.1) is 0 Å². The number of nitrogens with zero attached hydrogens (tertiary/aromatic N) is 2. The average molecular weight is 235 g/mol. The number of rotatable bonds is 2. The molecule has 0 bridgehead atoms. The molecule has 3 rings (SSSR count). The Bertz CT molecular complexity index is 394. The lowest BCUT2D eigenvalue weighted by Gasteiger charge is -2.25. The molecule has 1 aromatic heterocycles. The zero-order chi connectivity index (χ0) is 11.7. The van der Waals surface area contributed by atoms with Crippen molar-refractivity contribution in [3.05, 3.63) is 17.0 Å². The summed E-state index contributed by atoms with van der Waals surface area (Å²) in [6.07, 6.45) is 3.45. The first kappa shape index (κ1) is 11.2. The fourth-order valence-electron chi connectivity index (χ4n) is 3.06. The second-order valence-corrected chi connectivity index (χ2v) is 4.95. The van der Waals surface area contributed by atoms with Gasteiger partial charge in [0.25, 0.3) is 0 Å². The van der Waals surface area contributed by atoms with Gasteiger partial charge in [-0.05, 0) is 32.9 Å². The Kier molecular flexibility index (Phi) is 3.16. The molecule has 4 nitrogen and oxygen atoms in total. The second kappa shape index (κ2) is 4.78. The lowest BCUT2D eigenvalue weighted by atomic mass is 9.90. The fraction of sp³-hybridized carbons (Fsp3) is 0.769.